The predicted molar refractivity (Wildman–Crippen MR) is 131 cm³/mol. The van der Waals surface area contributed by atoms with Gasteiger partial charge in [-0.1, -0.05) is 5.16 Å². The summed E-state index contributed by atoms with van der Waals surface area (Å²) in [6.07, 6.45) is 1.39. The van der Waals surface area contributed by atoms with Gasteiger partial charge >= 0.3 is 5.97 Å². The van der Waals surface area contributed by atoms with Crippen LogP contribution in [0.3, 0.4) is 0 Å². The number of hydrogen-bond acceptors (Lipinski definition) is 13. The number of hydrogen-bond donors (Lipinski definition) is 3. The summed E-state index contributed by atoms with van der Waals surface area (Å²) in [6, 6.07) is 2.60. The minimum Gasteiger partial charge on any atom is -0.477 e. The fourth-order valence-corrected chi connectivity index (χ4v) is 6.52. The lowest BCUT2D eigenvalue weighted by molar-refractivity contribution is -0.150. The highest BCUT2D eigenvalue weighted by atomic mass is 32.2. The maximum atomic E-state index is 13.0. The van der Waals surface area contributed by atoms with Crippen molar-refractivity contribution in [3.8, 4) is 0 Å². The zero-order valence-corrected chi connectivity index (χ0v) is 20.8. The van der Waals surface area contributed by atoms with Crippen molar-refractivity contribution in [1.82, 2.24) is 35.0 Å². The van der Waals surface area contributed by atoms with E-state index in [9.17, 15) is 19.5 Å². The van der Waals surface area contributed by atoms with Crippen LogP contribution in [0.15, 0.2) is 45.3 Å². The molecule has 14 nitrogen and oxygen atoms in total. The molecule has 3 aromatic heterocycles. The number of fused-ring (bicyclic) bond motifs is 2. The maximum absolute atomic E-state index is 13.0. The molecule has 0 saturated carbocycles. The molecule has 1 saturated heterocycles. The molecule has 0 radical (unpaired) electrons. The van der Waals surface area contributed by atoms with Gasteiger partial charge in [-0.3, -0.25) is 14.5 Å². The fraction of sp³-hybridized carbons (Fsp3) is 0.263. The van der Waals surface area contributed by atoms with Crippen molar-refractivity contribution in [3.05, 3.63) is 40.8 Å². The molecular formula is C19H17N9O5S3. The summed E-state index contributed by atoms with van der Waals surface area (Å²) >= 11 is 3.82. The van der Waals surface area contributed by atoms with E-state index in [1.165, 1.54) is 46.5 Å². The molecule has 1 fully saturated rings. The monoisotopic (exact) mass is 547 g/mol. The van der Waals surface area contributed by atoms with E-state index >= 15 is 0 Å². The Morgan fingerprint density at radius 3 is 2.97 bits per heavy atom. The quantitative estimate of drug-likeness (QED) is 0.149. The summed E-state index contributed by atoms with van der Waals surface area (Å²) in [5.74, 6) is -1.75. The van der Waals surface area contributed by atoms with Crippen molar-refractivity contribution in [2.45, 2.75) is 16.4 Å². The Bertz CT molecular complexity index is 1430. The first-order valence-corrected chi connectivity index (χ1v) is 13.1. The minimum absolute atomic E-state index is 0.0818. The van der Waals surface area contributed by atoms with Gasteiger partial charge in [0.1, 0.15) is 41.3 Å². The van der Waals surface area contributed by atoms with Gasteiger partial charge in [-0.2, -0.15) is 0 Å². The van der Waals surface area contributed by atoms with Crippen molar-refractivity contribution >= 4 is 69.1 Å². The molecule has 2 aliphatic heterocycles. The number of thioether (sulfide) groups is 2. The first-order valence-electron chi connectivity index (χ1n) is 10.2. The molecule has 0 aliphatic carbocycles. The molecule has 17 heteroatoms. The number of carbonyl (C=O) groups is 3. The van der Waals surface area contributed by atoms with Crippen LogP contribution < -0.4 is 11.1 Å². The van der Waals surface area contributed by atoms with Gasteiger partial charge in [0.15, 0.2) is 16.5 Å². The van der Waals surface area contributed by atoms with Gasteiger partial charge in [0.25, 0.3) is 11.8 Å². The predicted octanol–water partition coefficient (Wildman–Crippen LogP) is 0.0444. The molecule has 2 amide bonds. The minimum atomic E-state index is -1.21. The highest BCUT2D eigenvalue weighted by Gasteiger charge is 2.54. The topological polar surface area (TPSA) is 190 Å². The number of anilines is 1. The van der Waals surface area contributed by atoms with Crippen LogP contribution in [0.5, 0.6) is 0 Å². The zero-order chi connectivity index (χ0) is 25.4. The van der Waals surface area contributed by atoms with E-state index in [1.54, 1.807) is 17.5 Å². The summed E-state index contributed by atoms with van der Waals surface area (Å²) in [5.41, 5.74) is 6.80. The number of thiazole rings is 1. The van der Waals surface area contributed by atoms with Gasteiger partial charge in [-0.15, -0.1) is 49.7 Å². The van der Waals surface area contributed by atoms with Gasteiger partial charge < -0.3 is 21.0 Å². The SMILES string of the molecule is CO/N=C(\C(=O)N[C@@H]1C(=O)N2C(C(=O)O)=C(CSc3ccc4ncnn4n3)CS[C@H]12)c1csc(N)n1. The number of nitrogens with one attached hydrogen (secondary N) is 1. The van der Waals surface area contributed by atoms with Gasteiger partial charge in [0.2, 0.25) is 0 Å². The lowest BCUT2D eigenvalue weighted by atomic mass is 10.0. The third-order valence-corrected chi connectivity index (χ3v) is 8.24. The third kappa shape index (κ3) is 4.35. The van der Waals surface area contributed by atoms with Gasteiger partial charge in [0, 0.05) is 16.9 Å². The van der Waals surface area contributed by atoms with Gasteiger partial charge in [0.05, 0.1) is 0 Å². The normalized spacial score (nSPS) is 19.8. The van der Waals surface area contributed by atoms with Crippen LogP contribution in [0.4, 0.5) is 5.13 Å². The lowest BCUT2D eigenvalue weighted by Crippen LogP contribution is -2.71. The van der Waals surface area contributed by atoms with Crippen LogP contribution in [-0.4, -0.2) is 88.3 Å². The molecule has 4 N–H and O–H groups in total. The first-order chi connectivity index (χ1) is 17.4. The second-order valence-electron chi connectivity index (χ2n) is 7.38. The van der Waals surface area contributed by atoms with Crippen LogP contribution in [0.1, 0.15) is 5.69 Å². The zero-order valence-electron chi connectivity index (χ0n) is 18.4. The highest BCUT2D eigenvalue weighted by Crippen LogP contribution is 2.41. The molecule has 5 rings (SSSR count). The van der Waals surface area contributed by atoms with Crippen LogP contribution in [-0.2, 0) is 19.2 Å². The van der Waals surface area contributed by atoms with E-state index < -0.39 is 29.2 Å². The lowest BCUT2D eigenvalue weighted by Gasteiger charge is -2.49. The number of rotatable bonds is 8. The Hall–Kier alpha value is -3.70. The van der Waals surface area contributed by atoms with Crippen LogP contribution in [0.25, 0.3) is 5.65 Å². The second kappa shape index (κ2) is 9.75. The summed E-state index contributed by atoms with van der Waals surface area (Å²) in [5, 5.41) is 26.4. The smallest absolute Gasteiger partial charge is 0.352 e. The Morgan fingerprint density at radius 2 is 2.25 bits per heavy atom. The maximum Gasteiger partial charge on any atom is 0.352 e. The molecular weight excluding hydrogens is 530 g/mol. The Morgan fingerprint density at radius 1 is 1.42 bits per heavy atom. The largest absolute Gasteiger partial charge is 0.477 e. The molecule has 0 spiro atoms. The summed E-state index contributed by atoms with van der Waals surface area (Å²) in [4.78, 5) is 51.9. The Labute approximate surface area is 215 Å². The summed E-state index contributed by atoms with van der Waals surface area (Å²) < 4.78 is 1.38. The Kier molecular flexibility index (Phi) is 6.50. The molecule has 3 aromatic rings. The number of β-lactam (4-membered cyclic amide) rings is 1. The van der Waals surface area contributed by atoms with E-state index in [2.05, 4.69) is 30.6 Å². The summed E-state index contributed by atoms with van der Waals surface area (Å²) in [6.45, 7) is 0. The number of nitrogens with zero attached hydrogens (tertiary/aromatic N) is 7. The summed E-state index contributed by atoms with van der Waals surface area (Å²) in [7, 11) is 1.28. The van der Waals surface area contributed by atoms with Gasteiger partial charge in [-0.25, -0.2) is 14.8 Å². The van der Waals surface area contributed by atoms with E-state index in [0.717, 1.165) is 11.3 Å². The first kappa shape index (κ1) is 24.0. The molecule has 0 aromatic carbocycles. The van der Waals surface area contributed by atoms with Crippen LogP contribution in [0, 0.1) is 0 Å². The number of oxime groups is 1. The van der Waals surface area contributed by atoms with Crippen LogP contribution >= 0.6 is 34.9 Å². The average molecular weight is 548 g/mol. The number of aliphatic carboxylic acids is 1. The molecule has 186 valence electrons. The standard InChI is InChI=1S/C19H17N9O5S3/c1-33-26-12(9-6-36-19(20)23-9)15(29)24-13-16(30)27-14(18(31)32)8(5-35-17(13)27)4-34-11-3-2-10-21-7-22-28(10)25-11/h2-3,6-7,13,17H,4-5H2,1H3,(H2,20,23)(H,24,29)(H,31,32)/b26-12-/t13-,17-/m1/s1. The Balaban J connectivity index is 1.30. The van der Waals surface area contributed by atoms with Crippen molar-refractivity contribution in [3.63, 3.8) is 0 Å². The number of carboxylic acids is 1. The highest BCUT2D eigenvalue weighted by molar-refractivity contribution is 8.01. The van der Waals surface area contributed by atoms with Crippen molar-refractivity contribution in [2.24, 2.45) is 5.16 Å². The molecule has 0 unspecified atom stereocenters. The number of nitrogen functional groups attached to an aromatic ring is 1. The number of amides is 2. The van der Waals surface area contributed by atoms with Gasteiger partial charge in [-0.05, 0) is 17.7 Å². The van der Waals surface area contributed by atoms with E-state index in [1.807, 2.05) is 0 Å². The number of nitrogens with two attached hydrogens (primary N) is 1. The third-order valence-electron chi connectivity index (χ3n) is 5.22. The molecule has 2 aliphatic rings. The molecule has 0 bridgehead atoms. The molecule has 5 heterocycles. The number of carboxylic acid groups (broad SMARTS) is 1. The van der Waals surface area contributed by atoms with Crippen molar-refractivity contribution < 1.29 is 24.3 Å². The molecule has 36 heavy (non-hydrogen) atoms. The average Bonchev–Trinajstić information content (AvgIpc) is 3.51. The number of aromatic nitrogens is 5. The number of carbonyl (C=O) groups excluding carboxylic acids is 2. The second-order valence-corrected chi connectivity index (χ2v) is 10.4. The fourth-order valence-electron chi connectivity index (χ4n) is 3.64. The van der Waals surface area contributed by atoms with E-state index in [4.69, 9.17) is 10.6 Å². The van der Waals surface area contributed by atoms with Crippen molar-refractivity contribution in [2.75, 3.05) is 24.3 Å². The van der Waals surface area contributed by atoms with E-state index in [-0.39, 0.29) is 22.2 Å². The van der Waals surface area contributed by atoms with E-state index in [0.29, 0.717) is 27.8 Å². The van der Waals surface area contributed by atoms with Crippen molar-refractivity contribution in [1.29, 1.82) is 0 Å². The molecule has 2 atom stereocenters. The van der Waals surface area contributed by atoms with Crippen LogP contribution in [0.2, 0.25) is 0 Å².